The van der Waals surface area contributed by atoms with Crippen LogP contribution < -0.4 is 10.6 Å². The maximum absolute atomic E-state index is 5.71. The highest BCUT2D eigenvalue weighted by atomic mass is 79.9. The van der Waals surface area contributed by atoms with E-state index < -0.39 is 0 Å². The van der Waals surface area contributed by atoms with Crippen LogP contribution in [0.3, 0.4) is 0 Å². The molecule has 146 valence electrons. The Morgan fingerprint density at radius 3 is 2.85 bits per heavy atom. The number of guanidine groups is 1. The Morgan fingerprint density at radius 1 is 1.33 bits per heavy atom. The molecule has 0 aliphatic carbocycles. The van der Waals surface area contributed by atoms with Crippen LogP contribution in [0, 0.1) is 13.8 Å². The Morgan fingerprint density at radius 2 is 2.19 bits per heavy atom. The first kappa shape index (κ1) is 19.8. The van der Waals surface area contributed by atoms with Gasteiger partial charge in [0.25, 0.3) is 0 Å². The minimum Gasteiger partial charge on any atom is -0.376 e. The fourth-order valence-electron chi connectivity index (χ4n) is 2.96. The fourth-order valence-corrected chi connectivity index (χ4v) is 3.43. The Hall–Kier alpha value is -1.93. The van der Waals surface area contributed by atoms with Crippen LogP contribution in [-0.2, 0) is 24.9 Å². The van der Waals surface area contributed by atoms with Crippen LogP contribution >= 0.6 is 15.9 Å². The summed E-state index contributed by atoms with van der Waals surface area (Å²) in [7, 11) is 1.97. The zero-order chi connectivity index (χ0) is 19.2. The molecule has 0 bridgehead atoms. The van der Waals surface area contributed by atoms with Crippen molar-refractivity contribution in [2.24, 2.45) is 12.0 Å². The van der Waals surface area contributed by atoms with E-state index in [1.54, 1.807) is 0 Å². The molecule has 1 aliphatic heterocycles. The first-order chi connectivity index (χ1) is 13.0. The van der Waals surface area contributed by atoms with Crippen molar-refractivity contribution in [2.75, 3.05) is 13.2 Å². The Labute approximate surface area is 168 Å². The second-order valence-electron chi connectivity index (χ2n) is 6.83. The molecule has 1 unspecified atom stereocenters. The van der Waals surface area contributed by atoms with Gasteiger partial charge in [0.15, 0.2) is 11.8 Å². The first-order valence-corrected chi connectivity index (χ1v) is 10.1. The normalized spacial score (nSPS) is 17.3. The molecule has 2 heterocycles. The summed E-state index contributed by atoms with van der Waals surface area (Å²) < 4.78 is 8.77. The van der Waals surface area contributed by atoms with Crippen molar-refractivity contribution in [1.29, 1.82) is 0 Å². The molecule has 1 aromatic carbocycles. The number of rotatable bonds is 6. The van der Waals surface area contributed by atoms with Crippen molar-refractivity contribution < 1.29 is 4.74 Å². The van der Waals surface area contributed by atoms with Gasteiger partial charge in [-0.3, -0.25) is 0 Å². The number of aromatic nitrogens is 3. The van der Waals surface area contributed by atoms with Crippen molar-refractivity contribution in [2.45, 2.75) is 45.9 Å². The fraction of sp³-hybridized carbons (Fsp3) is 0.526. The molecule has 1 aromatic heterocycles. The Balaban J connectivity index is 1.66. The van der Waals surface area contributed by atoms with E-state index in [1.165, 1.54) is 11.1 Å². The molecule has 1 aliphatic rings. The van der Waals surface area contributed by atoms with E-state index >= 15 is 0 Å². The van der Waals surface area contributed by atoms with Gasteiger partial charge in [0.05, 0.1) is 19.2 Å². The van der Waals surface area contributed by atoms with Gasteiger partial charge in [-0.1, -0.05) is 22.0 Å². The number of aryl methyl sites for hydroxylation is 2. The average molecular weight is 435 g/mol. The average Bonchev–Trinajstić information content (AvgIpc) is 3.27. The van der Waals surface area contributed by atoms with Gasteiger partial charge in [-0.15, -0.1) is 10.2 Å². The van der Waals surface area contributed by atoms with E-state index in [2.05, 4.69) is 55.8 Å². The highest BCUT2D eigenvalue weighted by molar-refractivity contribution is 9.10. The molecule has 1 saturated heterocycles. The summed E-state index contributed by atoms with van der Waals surface area (Å²) in [5.41, 5.74) is 2.42. The van der Waals surface area contributed by atoms with Gasteiger partial charge in [-0.25, -0.2) is 4.99 Å². The minimum absolute atomic E-state index is 0.253. The van der Waals surface area contributed by atoms with Crippen LogP contribution in [0.15, 0.2) is 27.7 Å². The van der Waals surface area contributed by atoms with E-state index in [9.17, 15) is 0 Å². The summed E-state index contributed by atoms with van der Waals surface area (Å²) in [5, 5.41) is 15.1. The molecule has 7 nitrogen and oxygen atoms in total. The third-order valence-electron chi connectivity index (χ3n) is 4.83. The Kier molecular flexibility index (Phi) is 6.84. The maximum Gasteiger partial charge on any atom is 0.192 e. The zero-order valence-electron chi connectivity index (χ0n) is 16.1. The molecule has 0 radical (unpaired) electrons. The lowest BCUT2D eigenvalue weighted by atomic mass is 10.1. The molecule has 0 spiro atoms. The minimum atomic E-state index is 0.253. The smallest absolute Gasteiger partial charge is 0.192 e. The predicted molar refractivity (Wildman–Crippen MR) is 110 cm³/mol. The molecule has 27 heavy (non-hydrogen) atoms. The third kappa shape index (κ3) is 5.52. The molecule has 2 N–H and O–H groups in total. The van der Waals surface area contributed by atoms with Crippen LogP contribution in [-0.4, -0.2) is 40.0 Å². The molecular formula is C19H27BrN6O. The molecule has 3 rings (SSSR count). The van der Waals surface area contributed by atoms with E-state index in [4.69, 9.17) is 9.73 Å². The number of halogens is 1. The van der Waals surface area contributed by atoms with Crippen molar-refractivity contribution in [3.05, 3.63) is 45.4 Å². The van der Waals surface area contributed by atoms with Gasteiger partial charge in [0.1, 0.15) is 5.82 Å². The van der Waals surface area contributed by atoms with Crippen LogP contribution in [0.25, 0.3) is 0 Å². The SMILES string of the molecule is Cc1cc(Br)ccc1CN=C(NCc1nnc(C)n1C)NCC1CCCO1. The van der Waals surface area contributed by atoms with E-state index in [0.29, 0.717) is 13.1 Å². The topological polar surface area (TPSA) is 76.4 Å². The van der Waals surface area contributed by atoms with Crippen molar-refractivity contribution in [3.63, 3.8) is 0 Å². The lowest BCUT2D eigenvalue weighted by molar-refractivity contribution is 0.113. The lowest BCUT2D eigenvalue weighted by Gasteiger charge is -2.16. The van der Waals surface area contributed by atoms with Gasteiger partial charge < -0.3 is 19.9 Å². The number of nitrogens with one attached hydrogen (secondary N) is 2. The lowest BCUT2D eigenvalue weighted by Crippen LogP contribution is -2.41. The zero-order valence-corrected chi connectivity index (χ0v) is 17.7. The largest absolute Gasteiger partial charge is 0.376 e. The number of hydrogen-bond acceptors (Lipinski definition) is 4. The van der Waals surface area contributed by atoms with E-state index in [-0.39, 0.29) is 6.10 Å². The quantitative estimate of drug-likeness (QED) is 0.539. The highest BCUT2D eigenvalue weighted by Crippen LogP contribution is 2.16. The van der Waals surface area contributed by atoms with Crippen molar-refractivity contribution in [3.8, 4) is 0 Å². The molecule has 0 saturated carbocycles. The molecular weight excluding hydrogens is 408 g/mol. The van der Waals surface area contributed by atoms with Crippen LogP contribution in [0.5, 0.6) is 0 Å². The molecule has 1 fully saturated rings. The first-order valence-electron chi connectivity index (χ1n) is 9.26. The van der Waals surface area contributed by atoms with Crippen molar-refractivity contribution in [1.82, 2.24) is 25.4 Å². The molecule has 8 heteroatoms. The molecule has 2 aromatic rings. The monoisotopic (exact) mass is 434 g/mol. The van der Waals surface area contributed by atoms with Gasteiger partial charge in [-0.2, -0.15) is 0 Å². The number of hydrogen-bond donors (Lipinski definition) is 2. The third-order valence-corrected chi connectivity index (χ3v) is 5.32. The van der Waals surface area contributed by atoms with Crippen molar-refractivity contribution >= 4 is 21.9 Å². The summed E-state index contributed by atoms with van der Waals surface area (Å²) in [6.07, 6.45) is 2.47. The predicted octanol–water partition coefficient (Wildman–Crippen LogP) is 2.61. The standard InChI is InChI=1S/C19H27BrN6O/c1-13-9-16(20)7-6-15(13)10-21-19(22-11-17-5-4-8-27-17)23-12-18-25-24-14(2)26(18)3/h6-7,9,17H,4-5,8,10-12H2,1-3H3,(H2,21,22,23). The van der Waals surface area contributed by atoms with Gasteiger partial charge >= 0.3 is 0 Å². The summed E-state index contributed by atoms with van der Waals surface area (Å²) in [4.78, 5) is 4.76. The number of aliphatic imine (C=N–C) groups is 1. The second-order valence-corrected chi connectivity index (χ2v) is 7.74. The summed E-state index contributed by atoms with van der Waals surface area (Å²) >= 11 is 3.51. The molecule has 1 atom stereocenters. The highest BCUT2D eigenvalue weighted by Gasteiger charge is 2.16. The van der Waals surface area contributed by atoms with Crippen LogP contribution in [0.1, 0.15) is 35.6 Å². The number of nitrogens with zero attached hydrogens (tertiary/aromatic N) is 4. The van der Waals surface area contributed by atoms with E-state index in [0.717, 1.165) is 48.1 Å². The van der Waals surface area contributed by atoms with Gasteiger partial charge in [0, 0.05) is 24.7 Å². The number of benzene rings is 1. The summed E-state index contributed by atoms with van der Waals surface area (Å²) in [5.74, 6) is 2.52. The van der Waals surface area contributed by atoms with Crippen LogP contribution in [0.4, 0.5) is 0 Å². The van der Waals surface area contributed by atoms with Crippen LogP contribution in [0.2, 0.25) is 0 Å². The summed E-state index contributed by atoms with van der Waals surface area (Å²) in [6.45, 7) is 6.82. The van der Waals surface area contributed by atoms with Gasteiger partial charge in [0.2, 0.25) is 0 Å². The summed E-state index contributed by atoms with van der Waals surface area (Å²) in [6, 6.07) is 6.26. The Bertz CT molecular complexity index is 797. The van der Waals surface area contributed by atoms with E-state index in [1.807, 2.05) is 24.6 Å². The maximum atomic E-state index is 5.71. The molecule has 0 amide bonds. The number of ether oxygens (including phenoxy) is 1. The second kappa shape index (κ2) is 9.32. The van der Waals surface area contributed by atoms with Gasteiger partial charge in [-0.05, 0) is 49.9 Å².